The van der Waals surface area contributed by atoms with Gasteiger partial charge in [0.15, 0.2) is 0 Å². The van der Waals surface area contributed by atoms with Crippen LogP contribution in [0.15, 0.2) is 46.9 Å². The van der Waals surface area contributed by atoms with Gasteiger partial charge in [-0.25, -0.2) is 0 Å². The van der Waals surface area contributed by atoms with Crippen molar-refractivity contribution in [1.82, 2.24) is 9.80 Å². The molecule has 1 aromatic heterocycles. The molecule has 1 aromatic carbocycles. The van der Waals surface area contributed by atoms with Crippen LogP contribution in [-0.2, 0) is 32.0 Å². The standard InChI is InChI=1S/C26H36N2O5/c1-4-31-26(30)21(3)28(17-23-11-8-16-32-23)19-25(29)27(18-24-13-12-20(2)33-24)15-14-22-9-6-5-7-10-22/h5-7,9-10,12-13,21,23H,4,8,11,14-19H2,1-3H3. The fraction of sp³-hybridized carbons (Fsp3) is 0.538. The Morgan fingerprint density at radius 1 is 1.18 bits per heavy atom. The van der Waals surface area contributed by atoms with Crippen LogP contribution in [-0.4, -0.2) is 66.7 Å². The van der Waals surface area contributed by atoms with E-state index in [1.165, 1.54) is 5.56 Å². The van der Waals surface area contributed by atoms with Crippen molar-refractivity contribution in [2.24, 2.45) is 0 Å². The van der Waals surface area contributed by atoms with Crippen LogP contribution in [0.4, 0.5) is 0 Å². The Bertz CT molecular complexity index is 876. The zero-order valence-corrected chi connectivity index (χ0v) is 20.0. The van der Waals surface area contributed by atoms with Crippen LogP contribution in [0.3, 0.4) is 0 Å². The summed E-state index contributed by atoms with van der Waals surface area (Å²) in [6.45, 7) is 8.11. The topological polar surface area (TPSA) is 72.2 Å². The van der Waals surface area contributed by atoms with Crippen molar-refractivity contribution in [3.8, 4) is 0 Å². The number of hydrogen-bond donors (Lipinski definition) is 0. The number of benzene rings is 1. The summed E-state index contributed by atoms with van der Waals surface area (Å²) in [5, 5.41) is 0. The van der Waals surface area contributed by atoms with E-state index in [2.05, 4.69) is 12.1 Å². The molecule has 1 fully saturated rings. The van der Waals surface area contributed by atoms with Gasteiger partial charge in [-0.3, -0.25) is 14.5 Å². The number of aryl methyl sites for hydroxylation is 1. The van der Waals surface area contributed by atoms with E-state index in [0.29, 0.717) is 26.2 Å². The molecule has 2 unspecified atom stereocenters. The van der Waals surface area contributed by atoms with E-state index in [1.807, 2.05) is 47.1 Å². The second-order valence-corrected chi connectivity index (χ2v) is 8.56. The predicted octanol–water partition coefficient (Wildman–Crippen LogP) is 3.59. The van der Waals surface area contributed by atoms with E-state index < -0.39 is 6.04 Å². The highest BCUT2D eigenvalue weighted by molar-refractivity contribution is 5.80. The van der Waals surface area contributed by atoms with Crippen molar-refractivity contribution in [2.45, 2.75) is 58.7 Å². The molecule has 2 atom stereocenters. The first-order chi connectivity index (χ1) is 16.0. The van der Waals surface area contributed by atoms with Gasteiger partial charge in [0.25, 0.3) is 0 Å². The molecule has 0 aliphatic carbocycles. The molecular formula is C26H36N2O5. The minimum Gasteiger partial charge on any atom is -0.465 e. The SMILES string of the molecule is CCOC(=O)C(C)N(CC(=O)N(CCc1ccccc1)Cc1ccc(C)o1)CC1CCCO1. The monoisotopic (exact) mass is 456 g/mol. The van der Waals surface area contributed by atoms with Crippen molar-refractivity contribution in [3.63, 3.8) is 0 Å². The van der Waals surface area contributed by atoms with Crippen molar-refractivity contribution in [1.29, 1.82) is 0 Å². The van der Waals surface area contributed by atoms with Gasteiger partial charge in [0.05, 0.1) is 25.8 Å². The molecule has 7 nitrogen and oxygen atoms in total. The third-order valence-corrected chi connectivity index (χ3v) is 5.98. The summed E-state index contributed by atoms with van der Waals surface area (Å²) >= 11 is 0. The summed E-state index contributed by atoms with van der Waals surface area (Å²) in [6, 6.07) is 13.4. The molecule has 1 aliphatic rings. The van der Waals surface area contributed by atoms with Gasteiger partial charge in [0.2, 0.25) is 5.91 Å². The normalized spacial score (nSPS) is 16.7. The highest BCUT2D eigenvalue weighted by Gasteiger charge is 2.30. The lowest BCUT2D eigenvalue weighted by Crippen LogP contribution is -2.49. The molecule has 0 spiro atoms. The highest BCUT2D eigenvalue weighted by Crippen LogP contribution is 2.17. The molecule has 1 amide bonds. The second kappa shape index (κ2) is 12.6. The average molecular weight is 457 g/mol. The number of nitrogens with zero attached hydrogens (tertiary/aromatic N) is 2. The molecule has 180 valence electrons. The molecular weight excluding hydrogens is 420 g/mol. The van der Waals surface area contributed by atoms with Crippen molar-refractivity contribution < 1.29 is 23.5 Å². The maximum atomic E-state index is 13.5. The Labute approximate surface area is 196 Å². The molecule has 0 saturated carbocycles. The third kappa shape index (κ3) is 7.72. The molecule has 2 aromatic rings. The van der Waals surface area contributed by atoms with Gasteiger partial charge >= 0.3 is 5.97 Å². The van der Waals surface area contributed by atoms with Gasteiger partial charge in [0.1, 0.15) is 17.6 Å². The first-order valence-corrected chi connectivity index (χ1v) is 11.9. The molecule has 2 heterocycles. The Balaban J connectivity index is 1.72. The minimum atomic E-state index is -0.528. The van der Waals surface area contributed by atoms with E-state index in [0.717, 1.165) is 37.4 Å². The molecule has 1 aliphatic heterocycles. The van der Waals surface area contributed by atoms with Crippen LogP contribution >= 0.6 is 0 Å². The quantitative estimate of drug-likeness (QED) is 0.455. The van der Waals surface area contributed by atoms with Crippen molar-refractivity contribution in [2.75, 3.05) is 32.8 Å². The van der Waals surface area contributed by atoms with Crippen LogP contribution in [0.5, 0.6) is 0 Å². The molecule has 33 heavy (non-hydrogen) atoms. The molecule has 1 saturated heterocycles. The van der Waals surface area contributed by atoms with E-state index in [-0.39, 0.29) is 24.5 Å². The summed E-state index contributed by atoms with van der Waals surface area (Å²) in [4.78, 5) is 29.7. The average Bonchev–Trinajstić information content (AvgIpc) is 3.48. The lowest BCUT2D eigenvalue weighted by molar-refractivity contribution is -0.150. The summed E-state index contributed by atoms with van der Waals surface area (Å²) in [6.07, 6.45) is 2.70. The summed E-state index contributed by atoms with van der Waals surface area (Å²) < 4.78 is 16.8. The largest absolute Gasteiger partial charge is 0.465 e. The zero-order chi connectivity index (χ0) is 23.6. The number of esters is 1. The van der Waals surface area contributed by atoms with Crippen LogP contribution in [0.2, 0.25) is 0 Å². The van der Waals surface area contributed by atoms with Gasteiger partial charge in [-0.15, -0.1) is 0 Å². The number of ether oxygens (including phenoxy) is 2. The van der Waals surface area contributed by atoms with Crippen LogP contribution < -0.4 is 0 Å². The Kier molecular flexibility index (Phi) is 9.51. The molecule has 0 radical (unpaired) electrons. The Morgan fingerprint density at radius 2 is 1.97 bits per heavy atom. The lowest BCUT2D eigenvalue weighted by Gasteiger charge is -2.31. The first-order valence-electron chi connectivity index (χ1n) is 11.9. The van der Waals surface area contributed by atoms with Crippen molar-refractivity contribution >= 4 is 11.9 Å². The van der Waals surface area contributed by atoms with Gasteiger partial charge in [0, 0.05) is 19.7 Å². The third-order valence-electron chi connectivity index (χ3n) is 5.98. The van der Waals surface area contributed by atoms with E-state index in [4.69, 9.17) is 13.9 Å². The summed E-state index contributed by atoms with van der Waals surface area (Å²) in [5.74, 6) is 1.20. The van der Waals surface area contributed by atoms with Gasteiger partial charge in [-0.2, -0.15) is 0 Å². The van der Waals surface area contributed by atoms with E-state index in [9.17, 15) is 9.59 Å². The van der Waals surface area contributed by atoms with Gasteiger partial charge < -0.3 is 18.8 Å². The molecule has 7 heteroatoms. The number of rotatable bonds is 12. The fourth-order valence-electron chi connectivity index (χ4n) is 4.05. The van der Waals surface area contributed by atoms with Gasteiger partial charge in [-0.1, -0.05) is 30.3 Å². The maximum Gasteiger partial charge on any atom is 0.323 e. The number of carbonyl (C=O) groups is 2. The smallest absolute Gasteiger partial charge is 0.323 e. The van der Waals surface area contributed by atoms with Crippen LogP contribution in [0.25, 0.3) is 0 Å². The van der Waals surface area contributed by atoms with Crippen LogP contribution in [0.1, 0.15) is 43.8 Å². The Morgan fingerprint density at radius 3 is 2.61 bits per heavy atom. The summed E-state index contributed by atoms with van der Waals surface area (Å²) in [5.41, 5.74) is 1.17. The fourth-order valence-corrected chi connectivity index (χ4v) is 4.05. The number of carbonyl (C=O) groups excluding carboxylic acids is 2. The van der Waals surface area contributed by atoms with Crippen molar-refractivity contribution in [3.05, 3.63) is 59.5 Å². The number of hydrogen-bond acceptors (Lipinski definition) is 6. The molecule has 3 rings (SSSR count). The predicted molar refractivity (Wildman–Crippen MR) is 126 cm³/mol. The van der Waals surface area contributed by atoms with E-state index in [1.54, 1.807) is 13.8 Å². The number of amides is 1. The minimum absolute atomic E-state index is 0.0279. The van der Waals surface area contributed by atoms with E-state index >= 15 is 0 Å². The highest BCUT2D eigenvalue weighted by atomic mass is 16.5. The maximum absolute atomic E-state index is 13.5. The first kappa shape index (κ1) is 25.0. The number of furan rings is 1. The second-order valence-electron chi connectivity index (χ2n) is 8.56. The lowest BCUT2D eigenvalue weighted by atomic mass is 10.1. The van der Waals surface area contributed by atoms with Gasteiger partial charge in [-0.05, 0) is 57.7 Å². The Hall–Kier alpha value is -2.64. The molecule has 0 bridgehead atoms. The zero-order valence-electron chi connectivity index (χ0n) is 20.0. The summed E-state index contributed by atoms with van der Waals surface area (Å²) in [7, 11) is 0. The molecule has 0 N–H and O–H groups in total. The van der Waals surface area contributed by atoms with Crippen LogP contribution in [0, 0.1) is 6.92 Å².